The van der Waals surface area contributed by atoms with Crippen LogP contribution in [0.4, 0.5) is 4.39 Å². The second-order valence-corrected chi connectivity index (χ2v) is 6.11. The molecule has 0 amide bonds. The molecular weight excluding hydrogens is 364 g/mol. The Morgan fingerprint density at radius 3 is 2.55 bits per heavy atom. The topological polar surface area (TPSA) is 12.0 Å². The zero-order chi connectivity index (χ0) is 14.7. The van der Waals surface area contributed by atoms with Crippen LogP contribution in [-0.4, -0.2) is 6.54 Å². The first-order valence-corrected chi connectivity index (χ1v) is 7.87. The van der Waals surface area contributed by atoms with E-state index in [0.29, 0.717) is 0 Å². The third kappa shape index (κ3) is 3.20. The average Bonchev–Trinajstić information content (AvgIpc) is 2.40. The number of benzene rings is 2. The van der Waals surface area contributed by atoms with Crippen molar-refractivity contribution in [2.24, 2.45) is 0 Å². The molecule has 2 rings (SSSR count). The second kappa shape index (κ2) is 6.68. The molecule has 0 aromatic heterocycles. The minimum absolute atomic E-state index is 0.104. The van der Waals surface area contributed by atoms with Gasteiger partial charge in [-0.3, -0.25) is 0 Å². The molecule has 20 heavy (non-hydrogen) atoms. The van der Waals surface area contributed by atoms with Crippen LogP contribution in [-0.2, 0) is 0 Å². The lowest BCUT2D eigenvalue weighted by Crippen LogP contribution is -2.24. The van der Waals surface area contributed by atoms with Crippen molar-refractivity contribution in [1.29, 1.82) is 0 Å². The lowest BCUT2D eigenvalue weighted by Gasteiger charge is -2.23. The van der Waals surface area contributed by atoms with Crippen LogP contribution in [0.25, 0.3) is 0 Å². The average molecular weight is 383 g/mol. The normalized spacial score (nSPS) is 12.4. The Hall–Kier alpha value is -0.940. The summed E-state index contributed by atoms with van der Waals surface area (Å²) in [6.45, 7) is 7.23. The largest absolute Gasteiger partial charge is 0.306 e. The van der Waals surface area contributed by atoms with E-state index in [0.717, 1.165) is 15.7 Å². The van der Waals surface area contributed by atoms with Gasteiger partial charge in [-0.05, 0) is 77.4 Å². The van der Waals surface area contributed by atoms with Crippen LogP contribution in [0.3, 0.4) is 0 Å². The molecule has 0 aliphatic carbocycles. The summed E-state index contributed by atoms with van der Waals surface area (Å²) in [7, 11) is 0. The quantitative estimate of drug-likeness (QED) is 0.752. The van der Waals surface area contributed by atoms with Crippen molar-refractivity contribution in [2.45, 2.75) is 26.8 Å². The summed E-state index contributed by atoms with van der Waals surface area (Å²) in [5, 5.41) is 3.52. The standard InChI is InChI=1S/C17H19FIN/c1-4-20-17(14-7-5-6-11(2)12(14)3)15-9-8-13(18)10-16(15)19/h5-10,17,20H,4H2,1-3H3. The van der Waals surface area contributed by atoms with E-state index in [2.05, 4.69) is 66.9 Å². The molecule has 0 saturated heterocycles. The van der Waals surface area contributed by atoms with E-state index in [4.69, 9.17) is 0 Å². The Morgan fingerprint density at radius 1 is 1.15 bits per heavy atom. The molecule has 0 saturated carbocycles. The number of aryl methyl sites for hydroxylation is 1. The molecule has 0 aliphatic heterocycles. The van der Waals surface area contributed by atoms with Crippen LogP contribution in [0.2, 0.25) is 0 Å². The predicted molar refractivity (Wildman–Crippen MR) is 90.6 cm³/mol. The van der Waals surface area contributed by atoms with Crippen LogP contribution in [0.15, 0.2) is 36.4 Å². The van der Waals surface area contributed by atoms with Crippen LogP contribution in [0.5, 0.6) is 0 Å². The van der Waals surface area contributed by atoms with Crippen molar-refractivity contribution in [3.8, 4) is 0 Å². The highest BCUT2D eigenvalue weighted by Crippen LogP contribution is 2.29. The summed E-state index contributed by atoms with van der Waals surface area (Å²) in [5.41, 5.74) is 4.96. The van der Waals surface area contributed by atoms with Crippen molar-refractivity contribution >= 4 is 22.6 Å². The Kier molecular flexibility index (Phi) is 5.16. The van der Waals surface area contributed by atoms with E-state index in [-0.39, 0.29) is 11.9 Å². The van der Waals surface area contributed by atoms with Gasteiger partial charge in [-0.15, -0.1) is 0 Å². The van der Waals surface area contributed by atoms with Gasteiger partial charge in [-0.1, -0.05) is 31.2 Å². The number of hydrogen-bond acceptors (Lipinski definition) is 1. The third-order valence-corrected chi connectivity index (χ3v) is 4.57. The molecule has 0 fully saturated rings. The van der Waals surface area contributed by atoms with Crippen molar-refractivity contribution < 1.29 is 4.39 Å². The Labute approximate surface area is 133 Å². The fourth-order valence-corrected chi connectivity index (χ4v) is 3.20. The van der Waals surface area contributed by atoms with Gasteiger partial charge in [-0.25, -0.2) is 4.39 Å². The summed E-state index contributed by atoms with van der Waals surface area (Å²) < 4.78 is 14.3. The predicted octanol–water partition coefficient (Wildman–Crippen LogP) is 4.75. The highest BCUT2D eigenvalue weighted by Gasteiger charge is 2.18. The van der Waals surface area contributed by atoms with Gasteiger partial charge < -0.3 is 5.32 Å². The first kappa shape index (κ1) is 15.4. The van der Waals surface area contributed by atoms with Gasteiger partial charge in [0.15, 0.2) is 0 Å². The fourth-order valence-electron chi connectivity index (χ4n) is 2.41. The molecule has 0 aliphatic rings. The number of nitrogens with one attached hydrogen (secondary N) is 1. The van der Waals surface area contributed by atoms with Gasteiger partial charge in [0.25, 0.3) is 0 Å². The van der Waals surface area contributed by atoms with Gasteiger partial charge in [0.05, 0.1) is 6.04 Å². The molecular formula is C17H19FIN. The van der Waals surface area contributed by atoms with E-state index < -0.39 is 0 Å². The van der Waals surface area contributed by atoms with Crippen LogP contribution >= 0.6 is 22.6 Å². The molecule has 0 heterocycles. The van der Waals surface area contributed by atoms with Gasteiger partial charge in [-0.2, -0.15) is 0 Å². The molecule has 0 spiro atoms. The molecule has 0 radical (unpaired) electrons. The van der Waals surface area contributed by atoms with Crippen molar-refractivity contribution in [2.75, 3.05) is 6.54 Å². The zero-order valence-corrected chi connectivity index (χ0v) is 14.2. The highest BCUT2D eigenvalue weighted by atomic mass is 127. The first-order chi connectivity index (χ1) is 9.54. The third-order valence-electron chi connectivity index (χ3n) is 3.64. The van der Waals surface area contributed by atoms with Gasteiger partial charge in [0, 0.05) is 3.57 Å². The van der Waals surface area contributed by atoms with Gasteiger partial charge in [0.1, 0.15) is 5.82 Å². The van der Waals surface area contributed by atoms with E-state index >= 15 is 0 Å². The monoisotopic (exact) mass is 383 g/mol. The first-order valence-electron chi connectivity index (χ1n) is 6.79. The lowest BCUT2D eigenvalue weighted by molar-refractivity contribution is 0.609. The molecule has 0 bridgehead atoms. The lowest BCUT2D eigenvalue weighted by atomic mass is 9.92. The van der Waals surface area contributed by atoms with E-state index in [1.54, 1.807) is 6.07 Å². The smallest absolute Gasteiger partial charge is 0.124 e. The van der Waals surface area contributed by atoms with Crippen molar-refractivity contribution in [1.82, 2.24) is 5.32 Å². The molecule has 106 valence electrons. The number of halogens is 2. The van der Waals surface area contributed by atoms with Crippen molar-refractivity contribution in [3.63, 3.8) is 0 Å². The highest BCUT2D eigenvalue weighted by molar-refractivity contribution is 14.1. The number of hydrogen-bond donors (Lipinski definition) is 1. The molecule has 1 unspecified atom stereocenters. The van der Waals surface area contributed by atoms with Crippen LogP contribution < -0.4 is 5.32 Å². The zero-order valence-electron chi connectivity index (χ0n) is 12.0. The van der Waals surface area contributed by atoms with Crippen molar-refractivity contribution in [3.05, 3.63) is 68.0 Å². The van der Waals surface area contributed by atoms with Gasteiger partial charge >= 0.3 is 0 Å². The minimum Gasteiger partial charge on any atom is -0.306 e. The SMILES string of the molecule is CCNC(c1ccc(F)cc1I)c1cccc(C)c1C. The maximum absolute atomic E-state index is 13.3. The van der Waals surface area contributed by atoms with Crippen LogP contribution in [0.1, 0.15) is 35.2 Å². The molecule has 1 N–H and O–H groups in total. The summed E-state index contributed by atoms with van der Waals surface area (Å²) in [4.78, 5) is 0. The van der Waals surface area contributed by atoms with Gasteiger partial charge in [0.2, 0.25) is 0 Å². The maximum Gasteiger partial charge on any atom is 0.124 e. The number of rotatable bonds is 4. The summed E-state index contributed by atoms with van der Waals surface area (Å²) in [6.07, 6.45) is 0. The molecule has 1 atom stereocenters. The summed E-state index contributed by atoms with van der Waals surface area (Å²) >= 11 is 2.21. The molecule has 3 heteroatoms. The Bertz CT molecular complexity index is 610. The molecule has 1 nitrogen and oxygen atoms in total. The summed E-state index contributed by atoms with van der Waals surface area (Å²) in [6, 6.07) is 11.5. The summed E-state index contributed by atoms with van der Waals surface area (Å²) in [5.74, 6) is -0.186. The van der Waals surface area contributed by atoms with E-state index in [9.17, 15) is 4.39 Å². The maximum atomic E-state index is 13.3. The van der Waals surface area contributed by atoms with Crippen LogP contribution in [0, 0.1) is 23.2 Å². The molecule has 2 aromatic carbocycles. The molecule has 2 aromatic rings. The Balaban J connectivity index is 2.53. The van der Waals surface area contributed by atoms with E-state index in [1.165, 1.54) is 22.8 Å². The minimum atomic E-state index is -0.186. The Morgan fingerprint density at radius 2 is 1.90 bits per heavy atom. The van der Waals surface area contributed by atoms with E-state index in [1.807, 2.05) is 6.07 Å². The second-order valence-electron chi connectivity index (χ2n) is 4.95. The fraction of sp³-hybridized carbons (Fsp3) is 0.294.